The minimum absolute atomic E-state index is 0.0831. The van der Waals surface area contributed by atoms with Crippen LogP contribution in [0.25, 0.3) is 0 Å². The normalized spacial score (nSPS) is 21.4. The smallest absolute Gasteiger partial charge is 0.162 e. The first-order chi connectivity index (χ1) is 14.0. The van der Waals surface area contributed by atoms with Gasteiger partial charge in [-0.05, 0) is 54.7 Å². The minimum atomic E-state index is -0.346. The highest BCUT2D eigenvalue weighted by atomic mass is 35.5. The third kappa shape index (κ3) is 3.54. The molecule has 0 spiro atoms. The minimum Gasteiger partial charge on any atom is -0.497 e. The number of ether oxygens (including phenoxy) is 1. The van der Waals surface area contributed by atoms with Crippen LogP contribution in [0.2, 0.25) is 5.02 Å². The molecule has 0 unspecified atom stereocenters. The molecule has 0 saturated heterocycles. The molecule has 0 aromatic heterocycles. The van der Waals surface area contributed by atoms with Crippen molar-refractivity contribution in [2.45, 2.75) is 31.6 Å². The lowest BCUT2D eigenvalue weighted by molar-refractivity contribution is -0.116. The van der Waals surface area contributed by atoms with E-state index in [0.29, 0.717) is 22.6 Å². The van der Waals surface area contributed by atoms with Gasteiger partial charge in [0.15, 0.2) is 5.78 Å². The lowest BCUT2D eigenvalue weighted by Crippen LogP contribution is -2.33. The molecule has 2 aromatic carbocycles. The van der Waals surface area contributed by atoms with E-state index in [-0.39, 0.29) is 17.6 Å². The van der Waals surface area contributed by atoms with Crippen molar-refractivity contribution in [2.24, 2.45) is 0 Å². The Morgan fingerprint density at radius 1 is 1.07 bits per heavy atom. The molecule has 1 aliphatic heterocycles. The van der Waals surface area contributed by atoms with E-state index < -0.39 is 0 Å². The Kier molecular flexibility index (Phi) is 5.17. The first-order valence-corrected chi connectivity index (χ1v) is 9.93. The quantitative estimate of drug-likeness (QED) is 0.760. The summed E-state index contributed by atoms with van der Waals surface area (Å²) >= 11 is 6.02. The fraction of sp³-hybridized carbons (Fsp3) is 0.250. The number of carbonyl (C=O) groups excluding carboxylic acids is 1. The van der Waals surface area contributed by atoms with Crippen LogP contribution in [0.3, 0.4) is 0 Å². The molecule has 2 atom stereocenters. The molecule has 1 N–H and O–H groups in total. The summed E-state index contributed by atoms with van der Waals surface area (Å²) in [5.74, 6) is 0.577. The highest BCUT2D eigenvalue weighted by Crippen LogP contribution is 2.45. The SMILES string of the molecule is COc1ccc([C@H]2C(C#N)=C(C)NC3=C2C(=O)C[C@H](c2ccc(Cl)cc2)C3)cc1. The summed E-state index contributed by atoms with van der Waals surface area (Å²) < 4.78 is 5.25. The highest BCUT2D eigenvalue weighted by Gasteiger charge is 2.38. The number of hydrogen-bond acceptors (Lipinski definition) is 4. The Morgan fingerprint density at radius 3 is 2.34 bits per heavy atom. The molecule has 146 valence electrons. The number of dihydropyridines is 1. The molecule has 0 saturated carbocycles. The van der Waals surface area contributed by atoms with Crippen molar-refractivity contribution >= 4 is 17.4 Å². The van der Waals surface area contributed by atoms with Crippen LogP contribution in [0.15, 0.2) is 71.1 Å². The van der Waals surface area contributed by atoms with Gasteiger partial charge in [-0.2, -0.15) is 5.26 Å². The zero-order chi connectivity index (χ0) is 20.5. The van der Waals surface area contributed by atoms with Crippen molar-refractivity contribution in [3.8, 4) is 11.8 Å². The molecular weight excluding hydrogens is 384 g/mol. The van der Waals surface area contributed by atoms with Crippen LogP contribution in [0.1, 0.15) is 42.7 Å². The van der Waals surface area contributed by atoms with Crippen LogP contribution in [0.4, 0.5) is 0 Å². The lowest BCUT2D eigenvalue weighted by atomic mass is 9.72. The van der Waals surface area contributed by atoms with Crippen LogP contribution in [-0.4, -0.2) is 12.9 Å². The van der Waals surface area contributed by atoms with E-state index in [1.54, 1.807) is 7.11 Å². The molecule has 0 radical (unpaired) electrons. The van der Waals surface area contributed by atoms with Gasteiger partial charge in [0.1, 0.15) is 5.75 Å². The first kappa shape index (κ1) is 19.3. The Balaban J connectivity index is 1.75. The number of nitrogens with zero attached hydrogens (tertiary/aromatic N) is 1. The Bertz CT molecular complexity index is 1060. The molecule has 4 nitrogen and oxygen atoms in total. The van der Waals surface area contributed by atoms with E-state index in [0.717, 1.165) is 34.7 Å². The van der Waals surface area contributed by atoms with E-state index in [2.05, 4.69) is 11.4 Å². The summed E-state index contributed by atoms with van der Waals surface area (Å²) in [6.07, 6.45) is 1.15. The number of halogens is 1. The number of methoxy groups -OCH3 is 1. The number of nitrogens with one attached hydrogen (secondary N) is 1. The molecular formula is C24H21ClN2O2. The van der Waals surface area contributed by atoms with Gasteiger partial charge in [0.05, 0.1) is 24.7 Å². The molecule has 2 aliphatic rings. The molecule has 0 amide bonds. The second-order valence-electron chi connectivity index (χ2n) is 7.45. The fourth-order valence-corrected chi connectivity index (χ4v) is 4.41. The average molecular weight is 405 g/mol. The maximum Gasteiger partial charge on any atom is 0.162 e. The summed E-state index contributed by atoms with van der Waals surface area (Å²) in [6, 6.07) is 17.6. The van der Waals surface area contributed by atoms with Gasteiger partial charge in [-0.3, -0.25) is 4.79 Å². The Labute approximate surface area is 175 Å². The number of rotatable bonds is 3. The molecule has 2 aromatic rings. The van der Waals surface area contributed by atoms with Gasteiger partial charge < -0.3 is 10.1 Å². The summed E-state index contributed by atoms with van der Waals surface area (Å²) in [7, 11) is 1.62. The van der Waals surface area contributed by atoms with Crippen molar-refractivity contribution in [3.05, 3.63) is 87.2 Å². The standard InChI is InChI=1S/C24H21ClN2O2/c1-14-20(13-26)23(16-5-9-19(29-2)10-6-16)24-21(27-14)11-17(12-22(24)28)15-3-7-18(25)8-4-15/h3-10,17,23,27H,11-12H2,1-2H3/t17-,23+/m1/s1. The predicted octanol–water partition coefficient (Wildman–Crippen LogP) is 5.23. The number of hydrogen-bond donors (Lipinski definition) is 1. The van der Waals surface area contributed by atoms with E-state index in [1.165, 1.54) is 0 Å². The first-order valence-electron chi connectivity index (χ1n) is 9.55. The molecule has 0 bridgehead atoms. The second kappa shape index (κ2) is 7.77. The van der Waals surface area contributed by atoms with Crippen LogP contribution >= 0.6 is 11.6 Å². The third-order valence-corrected chi connectivity index (χ3v) is 5.99. The van der Waals surface area contributed by atoms with Crippen molar-refractivity contribution in [1.29, 1.82) is 5.26 Å². The van der Waals surface area contributed by atoms with Crippen molar-refractivity contribution in [2.75, 3.05) is 7.11 Å². The van der Waals surface area contributed by atoms with Gasteiger partial charge >= 0.3 is 0 Å². The Morgan fingerprint density at radius 2 is 1.72 bits per heavy atom. The average Bonchev–Trinajstić information content (AvgIpc) is 2.73. The summed E-state index contributed by atoms with van der Waals surface area (Å²) in [4.78, 5) is 13.3. The predicted molar refractivity (Wildman–Crippen MR) is 113 cm³/mol. The lowest BCUT2D eigenvalue weighted by Gasteiger charge is -2.35. The second-order valence-corrected chi connectivity index (χ2v) is 7.89. The van der Waals surface area contributed by atoms with Crippen LogP contribution in [0.5, 0.6) is 5.75 Å². The molecule has 1 aliphatic carbocycles. The van der Waals surface area contributed by atoms with Crippen molar-refractivity contribution in [1.82, 2.24) is 5.32 Å². The zero-order valence-electron chi connectivity index (χ0n) is 16.3. The Hall–Kier alpha value is -3.03. The van der Waals surface area contributed by atoms with Gasteiger partial charge in [-0.15, -0.1) is 0 Å². The molecule has 5 heteroatoms. The van der Waals surface area contributed by atoms with Gasteiger partial charge in [0, 0.05) is 28.4 Å². The number of benzene rings is 2. The van der Waals surface area contributed by atoms with Gasteiger partial charge in [0.2, 0.25) is 0 Å². The van der Waals surface area contributed by atoms with Crippen LogP contribution in [0, 0.1) is 11.3 Å². The van der Waals surface area contributed by atoms with E-state index in [4.69, 9.17) is 16.3 Å². The number of nitriles is 1. The van der Waals surface area contributed by atoms with E-state index in [9.17, 15) is 10.1 Å². The topological polar surface area (TPSA) is 62.1 Å². The maximum atomic E-state index is 13.3. The van der Waals surface area contributed by atoms with E-state index in [1.807, 2.05) is 55.5 Å². The maximum absolute atomic E-state index is 13.3. The fourth-order valence-electron chi connectivity index (χ4n) is 4.29. The van der Waals surface area contributed by atoms with Crippen LogP contribution in [-0.2, 0) is 4.79 Å². The monoisotopic (exact) mass is 404 g/mol. The van der Waals surface area contributed by atoms with Crippen LogP contribution < -0.4 is 10.1 Å². The van der Waals surface area contributed by atoms with Gasteiger partial charge in [-0.25, -0.2) is 0 Å². The molecule has 0 fully saturated rings. The highest BCUT2D eigenvalue weighted by molar-refractivity contribution is 6.30. The van der Waals surface area contributed by atoms with Crippen molar-refractivity contribution in [3.63, 3.8) is 0 Å². The third-order valence-electron chi connectivity index (χ3n) is 5.74. The van der Waals surface area contributed by atoms with Crippen molar-refractivity contribution < 1.29 is 9.53 Å². The number of carbonyl (C=O) groups is 1. The zero-order valence-corrected chi connectivity index (χ0v) is 17.1. The molecule has 4 rings (SSSR count). The number of ketones is 1. The largest absolute Gasteiger partial charge is 0.497 e. The van der Waals surface area contributed by atoms with E-state index >= 15 is 0 Å². The summed E-state index contributed by atoms with van der Waals surface area (Å²) in [5, 5.41) is 13.8. The molecule has 29 heavy (non-hydrogen) atoms. The summed E-state index contributed by atoms with van der Waals surface area (Å²) in [6.45, 7) is 1.90. The van der Waals surface area contributed by atoms with Gasteiger partial charge in [-0.1, -0.05) is 35.9 Å². The number of allylic oxidation sites excluding steroid dienone is 4. The summed E-state index contributed by atoms with van der Waals surface area (Å²) in [5.41, 5.74) is 5.05. The number of Topliss-reactive ketones (excluding diaryl/α,β-unsaturated/α-hetero) is 1. The molecule has 1 heterocycles. The van der Waals surface area contributed by atoms with Gasteiger partial charge in [0.25, 0.3) is 0 Å².